The zero-order valence-electron chi connectivity index (χ0n) is 10.6. The number of benzene rings is 1. The lowest BCUT2D eigenvalue weighted by Gasteiger charge is -2.31. The number of anilines is 1. The Labute approximate surface area is 118 Å². The Bertz CT molecular complexity index is 403. The van der Waals surface area contributed by atoms with Gasteiger partial charge in [-0.3, -0.25) is 4.90 Å². The van der Waals surface area contributed by atoms with Gasteiger partial charge in [0.1, 0.15) is 0 Å². The van der Waals surface area contributed by atoms with Crippen molar-refractivity contribution in [3.05, 3.63) is 23.2 Å². The van der Waals surface area contributed by atoms with Gasteiger partial charge in [0.05, 0.1) is 12.7 Å². The number of ether oxygens (including phenoxy) is 1. The third-order valence-corrected chi connectivity index (χ3v) is 4.52. The molecule has 0 spiro atoms. The standard InChI is InChI=1S/C13H19ClN2OS/c1-2-16-5-6-17-11(8-16)9-18-13-4-3-10(14)7-12(13)15/h3-4,7,11H,2,5-6,8-9,15H2,1H3. The summed E-state index contributed by atoms with van der Waals surface area (Å²) in [6, 6.07) is 5.65. The van der Waals surface area contributed by atoms with Crippen molar-refractivity contribution in [2.45, 2.75) is 17.9 Å². The highest BCUT2D eigenvalue weighted by molar-refractivity contribution is 7.99. The molecule has 1 aliphatic heterocycles. The van der Waals surface area contributed by atoms with E-state index in [9.17, 15) is 0 Å². The predicted molar refractivity (Wildman–Crippen MR) is 78.4 cm³/mol. The molecule has 5 heteroatoms. The van der Waals surface area contributed by atoms with E-state index >= 15 is 0 Å². The highest BCUT2D eigenvalue weighted by Gasteiger charge is 2.19. The van der Waals surface area contributed by atoms with E-state index in [-0.39, 0.29) is 0 Å². The quantitative estimate of drug-likeness (QED) is 0.682. The van der Waals surface area contributed by atoms with Gasteiger partial charge in [-0.25, -0.2) is 0 Å². The molecule has 1 unspecified atom stereocenters. The first-order chi connectivity index (χ1) is 8.69. The Hall–Kier alpha value is -0.420. The predicted octanol–water partition coefficient (Wildman–Crippen LogP) is 2.74. The molecule has 2 N–H and O–H groups in total. The average molecular weight is 287 g/mol. The molecule has 2 rings (SSSR count). The molecule has 3 nitrogen and oxygen atoms in total. The lowest BCUT2D eigenvalue weighted by atomic mass is 10.3. The topological polar surface area (TPSA) is 38.5 Å². The largest absolute Gasteiger partial charge is 0.398 e. The van der Waals surface area contributed by atoms with Gasteiger partial charge in [-0.05, 0) is 24.7 Å². The molecule has 1 aromatic rings. The second-order valence-electron chi connectivity index (χ2n) is 4.38. The second kappa shape index (κ2) is 6.66. The van der Waals surface area contributed by atoms with Crippen molar-refractivity contribution >= 4 is 29.1 Å². The van der Waals surface area contributed by atoms with Gasteiger partial charge in [-0.1, -0.05) is 18.5 Å². The number of nitrogens with two attached hydrogens (primary N) is 1. The van der Waals surface area contributed by atoms with Crippen molar-refractivity contribution in [1.82, 2.24) is 4.90 Å². The van der Waals surface area contributed by atoms with Gasteiger partial charge in [0.2, 0.25) is 0 Å². The minimum absolute atomic E-state index is 0.291. The summed E-state index contributed by atoms with van der Waals surface area (Å²) in [6.07, 6.45) is 0.291. The monoisotopic (exact) mass is 286 g/mol. The van der Waals surface area contributed by atoms with E-state index in [4.69, 9.17) is 22.1 Å². The van der Waals surface area contributed by atoms with Crippen LogP contribution in [0.5, 0.6) is 0 Å². The van der Waals surface area contributed by atoms with Crippen molar-refractivity contribution in [2.24, 2.45) is 0 Å². The molecule has 1 saturated heterocycles. The maximum absolute atomic E-state index is 5.93. The van der Waals surface area contributed by atoms with E-state index in [0.717, 1.165) is 42.6 Å². The first kappa shape index (κ1) is 14.0. The lowest BCUT2D eigenvalue weighted by molar-refractivity contribution is -0.0137. The van der Waals surface area contributed by atoms with Crippen LogP contribution in [0, 0.1) is 0 Å². The molecular formula is C13H19ClN2OS. The molecule has 18 heavy (non-hydrogen) atoms. The lowest BCUT2D eigenvalue weighted by Crippen LogP contribution is -2.43. The summed E-state index contributed by atoms with van der Waals surface area (Å²) in [5, 5.41) is 0.683. The van der Waals surface area contributed by atoms with E-state index < -0.39 is 0 Å². The van der Waals surface area contributed by atoms with Crippen molar-refractivity contribution in [2.75, 3.05) is 37.7 Å². The number of hydrogen-bond donors (Lipinski definition) is 1. The van der Waals surface area contributed by atoms with Crippen LogP contribution in [-0.2, 0) is 4.74 Å². The molecule has 0 aromatic heterocycles. The number of nitrogens with zero attached hydrogens (tertiary/aromatic N) is 1. The minimum Gasteiger partial charge on any atom is -0.398 e. The molecule has 1 atom stereocenters. The Morgan fingerprint density at radius 1 is 1.56 bits per heavy atom. The van der Waals surface area contributed by atoms with Crippen LogP contribution in [0.3, 0.4) is 0 Å². The molecule has 1 heterocycles. The van der Waals surface area contributed by atoms with Crippen LogP contribution in [0.2, 0.25) is 5.02 Å². The third kappa shape index (κ3) is 3.79. The van der Waals surface area contributed by atoms with Crippen molar-refractivity contribution in [3.8, 4) is 0 Å². The normalized spacial score (nSPS) is 21.1. The van der Waals surface area contributed by atoms with Crippen LogP contribution in [0.1, 0.15) is 6.92 Å². The van der Waals surface area contributed by atoms with Crippen LogP contribution >= 0.6 is 23.4 Å². The zero-order chi connectivity index (χ0) is 13.0. The van der Waals surface area contributed by atoms with Gasteiger partial charge in [0, 0.05) is 34.4 Å². The summed E-state index contributed by atoms with van der Waals surface area (Å²) < 4.78 is 5.77. The Morgan fingerprint density at radius 2 is 2.39 bits per heavy atom. The maximum Gasteiger partial charge on any atom is 0.0796 e. The fourth-order valence-corrected chi connectivity index (χ4v) is 3.14. The van der Waals surface area contributed by atoms with Gasteiger partial charge in [-0.2, -0.15) is 0 Å². The molecule has 1 aromatic carbocycles. The summed E-state index contributed by atoms with van der Waals surface area (Å²) >= 11 is 7.62. The Balaban J connectivity index is 1.87. The van der Waals surface area contributed by atoms with Crippen molar-refractivity contribution in [1.29, 1.82) is 0 Å². The van der Waals surface area contributed by atoms with E-state index in [1.54, 1.807) is 17.8 Å². The van der Waals surface area contributed by atoms with Crippen LogP contribution < -0.4 is 5.73 Å². The van der Waals surface area contributed by atoms with E-state index in [0.29, 0.717) is 11.1 Å². The van der Waals surface area contributed by atoms with E-state index in [2.05, 4.69) is 11.8 Å². The second-order valence-corrected chi connectivity index (χ2v) is 5.88. The highest BCUT2D eigenvalue weighted by atomic mass is 35.5. The van der Waals surface area contributed by atoms with Gasteiger partial charge in [0.25, 0.3) is 0 Å². The maximum atomic E-state index is 5.93. The molecule has 0 bridgehead atoms. The van der Waals surface area contributed by atoms with Crippen LogP contribution in [0.25, 0.3) is 0 Å². The number of nitrogen functional groups attached to an aromatic ring is 1. The van der Waals surface area contributed by atoms with Crippen LogP contribution in [0.4, 0.5) is 5.69 Å². The van der Waals surface area contributed by atoms with Crippen molar-refractivity contribution in [3.63, 3.8) is 0 Å². The smallest absolute Gasteiger partial charge is 0.0796 e. The zero-order valence-corrected chi connectivity index (χ0v) is 12.1. The van der Waals surface area contributed by atoms with Crippen LogP contribution in [0.15, 0.2) is 23.1 Å². The summed E-state index contributed by atoms with van der Waals surface area (Å²) in [7, 11) is 0. The summed E-state index contributed by atoms with van der Waals surface area (Å²) in [6.45, 7) is 6.16. The number of halogens is 1. The van der Waals surface area contributed by atoms with E-state index in [1.165, 1.54) is 0 Å². The molecule has 1 aliphatic rings. The molecule has 0 saturated carbocycles. The molecule has 0 amide bonds. The minimum atomic E-state index is 0.291. The van der Waals surface area contributed by atoms with Gasteiger partial charge in [-0.15, -0.1) is 11.8 Å². The van der Waals surface area contributed by atoms with Crippen molar-refractivity contribution < 1.29 is 4.74 Å². The first-order valence-corrected chi connectivity index (χ1v) is 7.57. The fourth-order valence-electron chi connectivity index (χ4n) is 2.00. The number of likely N-dealkylation sites (N-methyl/N-ethyl adjacent to an activating group) is 1. The fraction of sp³-hybridized carbons (Fsp3) is 0.538. The number of rotatable bonds is 4. The first-order valence-electron chi connectivity index (χ1n) is 6.21. The summed E-state index contributed by atoms with van der Waals surface area (Å²) in [5.41, 5.74) is 6.68. The summed E-state index contributed by atoms with van der Waals surface area (Å²) in [5.74, 6) is 0.933. The van der Waals surface area contributed by atoms with Gasteiger partial charge >= 0.3 is 0 Å². The molecular weight excluding hydrogens is 268 g/mol. The highest BCUT2D eigenvalue weighted by Crippen LogP contribution is 2.28. The SMILES string of the molecule is CCN1CCOC(CSc2ccc(Cl)cc2N)C1. The number of thioether (sulfide) groups is 1. The Kier molecular flexibility index (Phi) is 5.18. The molecule has 100 valence electrons. The summed E-state index contributed by atoms with van der Waals surface area (Å²) in [4.78, 5) is 3.50. The van der Waals surface area contributed by atoms with E-state index in [1.807, 2.05) is 12.1 Å². The average Bonchev–Trinajstić information content (AvgIpc) is 2.38. The number of hydrogen-bond acceptors (Lipinski definition) is 4. The number of morpholine rings is 1. The molecule has 0 radical (unpaired) electrons. The molecule has 0 aliphatic carbocycles. The Morgan fingerprint density at radius 3 is 3.11 bits per heavy atom. The van der Waals surface area contributed by atoms with Gasteiger partial charge in [0.15, 0.2) is 0 Å². The third-order valence-electron chi connectivity index (χ3n) is 3.07. The van der Waals surface area contributed by atoms with Gasteiger partial charge < -0.3 is 10.5 Å². The molecule has 1 fully saturated rings. The van der Waals surface area contributed by atoms with Crippen LogP contribution in [-0.4, -0.2) is 43.0 Å².